The molecule has 0 aliphatic rings. The number of methoxy groups -OCH3 is 1. The first-order valence-electron chi connectivity index (χ1n) is 7.43. The van der Waals surface area contributed by atoms with E-state index in [1.807, 2.05) is 0 Å². The third kappa shape index (κ3) is 3.45. The van der Waals surface area contributed by atoms with E-state index in [9.17, 15) is 18.7 Å². The molecule has 2 rings (SSSR count). The Morgan fingerprint density at radius 3 is 2.46 bits per heavy atom. The number of carbonyl (C=O) groups excluding carboxylic acids is 1. The van der Waals surface area contributed by atoms with E-state index in [1.54, 1.807) is 26.0 Å². The van der Waals surface area contributed by atoms with Crippen molar-refractivity contribution in [1.29, 1.82) is 0 Å². The maximum Gasteiger partial charge on any atom is 0.189 e. The minimum atomic E-state index is -1.04. The van der Waals surface area contributed by atoms with Crippen LogP contribution in [0.2, 0.25) is 0 Å². The van der Waals surface area contributed by atoms with Crippen LogP contribution in [-0.2, 0) is 0 Å². The van der Waals surface area contributed by atoms with E-state index in [-0.39, 0.29) is 34.1 Å². The van der Waals surface area contributed by atoms with Gasteiger partial charge in [-0.1, -0.05) is 26.0 Å². The maximum atomic E-state index is 14.3. The van der Waals surface area contributed by atoms with Crippen LogP contribution in [-0.4, -0.2) is 18.0 Å². The van der Waals surface area contributed by atoms with Crippen LogP contribution in [0.5, 0.6) is 11.5 Å². The van der Waals surface area contributed by atoms with Gasteiger partial charge in [0.2, 0.25) is 0 Å². The highest BCUT2D eigenvalue weighted by Crippen LogP contribution is 2.33. The second-order valence-electron chi connectivity index (χ2n) is 5.58. The number of phenolic OH excluding ortho intramolecular Hbond substituents is 1. The number of aromatic hydroxyl groups is 1. The summed E-state index contributed by atoms with van der Waals surface area (Å²) in [6.45, 7) is 3.47. The van der Waals surface area contributed by atoms with E-state index in [4.69, 9.17) is 4.74 Å². The summed E-state index contributed by atoms with van der Waals surface area (Å²) in [4.78, 5) is 12.1. The van der Waals surface area contributed by atoms with E-state index in [0.717, 1.165) is 6.08 Å². The third-order valence-electron chi connectivity index (χ3n) is 3.62. The van der Waals surface area contributed by atoms with E-state index < -0.39 is 17.4 Å². The molecule has 0 radical (unpaired) electrons. The predicted molar refractivity (Wildman–Crippen MR) is 88.5 cm³/mol. The Labute approximate surface area is 139 Å². The molecule has 2 aromatic carbocycles. The van der Waals surface area contributed by atoms with E-state index >= 15 is 0 Å². The Hall–Kier alpha value is -2.69. The zero-order valence-corrected chi connectivity index (χ0v) is 13.6. The average molecular weight is 332 g/mol. The molecule has 0 amide bonds. The number of carbonyl (C=O) groups is 1. The zero-order valence-electron chi connectivity index (χ0n) is 13.6. The molecule has 0 saturated heterocycles. The number of hydrogen-bond acceptors (Lipinski definition) is 3. The van der Waals surface area contributed by atoms with Crippen LogP contribution in [0, 0.1) is 11.6 Å². The highest BCUT2D eigenvalue weighted by molar-refractivity contribution is 6.08. The lowest BCUT2D eigenvalue weighted by Gasteiger charge is -2.14. The molecule has 0 heterocycles. The van der Waals surface area contributed by atoms with Gasteiger partial charge in [0, 0.05) is 11.1 Å². The number of hydrogen-bond donors (Lipinski definition) is 1. The largest absolute Gasteiger partial charge is 0.507 e. The molecule has 0 bridgehead atoms. The number of halogens is 2. The number of para-hydroxylation sites is 1. The molecular weight excluding hydrogens is 314 g/mol. The van der Waals surface area contributed by atoms with Gasteiger partial charge in [0.25, 0.3) is 0 Å². The molecule has 0 aliphatic carbocycles. The number of ether oxygens (including phenoxy) is 1. The Kier molecular flexibility index (Phi) is 5.34. The summed E-state index contributed by atoms with van der Waals surface area (Å²) in [6.07, 6.45) is 2.25. The molecule has 2 aromatic rings. The van der Waals surface area contributed by atoms with Crippen molar-refractivity contribution in [3.05, 3.63) is 64.7 Å². The first-order valence-corrected chi connectivity index (χ1v) is 7.43. The molecule has 3 nitrogen and oxygen atoms in total. The van der Waals surface area contributed by atoms with Gasteiger partial charge in [0.05, 0.1) is 12.7 Å². The van der Waals surface area contributed by atoms with Gasteiger partial charge in [-0.15, -0.1) is 0 Å². The average Bonchev–Trinajstić information content (AvgIpc) is 2.55. The second-order valence-corrected chi connectivity index (χ2v) is 5.58. The van der Waals surface area contributed by atoms with Crippen molar-refractivity contribution in [1.82, 2.24) is 0 Å². The standard InChI is InChI=1S/C19H18F2O3/c1-11(2)17-16(24-3)10-12(18(20)19(17)21)8-9-15(23)13-6-4-5-7-14(13)22/h4-11,22H,1-3H3/b9-8+. The Morgan fingerprint density at radius 2 is 1.88 bits per heavy atom. The Morgan fingerprint density at radius 1 is 1.21 bits per heavy atom. The number of phenols is 1. The number of rotatable bonds is 5. The molecular formula is C19H18F2O3. The molecule has 0 atom stereocenters. The fraction of sp³-hybridized carbons (Fsp3) is 0.211. The summed E-state index contributed by atoms with van der Waals surface area (Å²) in [7, 11) is 1.37. The van der Waals surface area contributed by atoms with Crippen LogP contribution in [0.3, 0.4) is 0 Å². The number of benzene rings is 2. The monoisotopic (exact) mass is 332 g/mol. The molecule has 0 aromatic heterocycles. The summed E-state index contributed by atoms with van der Waals surface area (Å²) in [5.41, 5.74) is 0.136. The fourth-order valence-electron chi connectivity index (χ4n) is 2.40. The van der Waals surface area contributed by atoms with Crippen molar-refractivity contribution in [3.8, 4) is 11.5 Å². The lowest BCUT2D eigenvalue weighted by atomic mass is 9.98. The lowest BCUT2D eigenvalue weighted by Crippen LogP contribution is -2.03. The van der Waals surface area contributed by atoms with Crippen molar-refractivity contribution in [2.24, 2.45) is 0 Å². The molecule has 0 saturated carbocycles. The highest BCUT2D eigenvalue weighted by atomic mass is 19.2. The first-order chi connectivity index (χ1) is 11.4. The number of allylic oxidation sites excluding steroid dienone is 1. The Bertz CT molecular complexity index is 795. The molecule has 0 aliphatic heterocycles. The molecule has 126 valence electrons. The van der Waals surface area contributed by atoms with Gasteiger partial charge in [-0.2, -0.15) is 0 Å². The van der Waals surface area contributed by atoms with E-state index in [0.29, 0.717) is 0 Å². The highest BCUT2D eigenvalue weighted by Gasteiger charge is 2.20. The smallest absolute Gasteiger partial charge is 0.189 e. The van der Waals surface area contributed by atoms with Crippen LogP contribution in [0.1, 0.15) is 41.3 Å². The minimum Gasteiger partial charge on any atom is -0.507 e. The molecule has 0 spiro atoms. The summed E-state index contributed by atoms with van der Waals surface area (Å²) in [5, 5.41) is 9.65. The van der Waals surface area contributed by atoms with E-state index in [1.165, 1.54) is 31.4 Å². The van der Waals surface area contributed by atoms with Crippen molar-refractivity contribution in [3.63, 3.8) is 0 Å². The van der Waals surface area contributed by atoms with Gasteiger partial charge < -0.3 is 9.84 Å². The van der Waals surface area contributed by atoms with Crippen LogP contribution >= 0.6 is 0 Å². The molecule has 24 heavy (non-hydrogen) atoms. The molecule has 0 fully saturated rings. The molecule has 5 heteroatoms. The van der Waals surface area contributed by atoms with Gasteiger partial charge in [0.1, 0.15) is 11.5 Å². The van der Waals surface area contributed by atoms with Crippen molar-refractivity contribution < 1.29 is 23.4 Å². The van der Waals surface area contributed by atoms with Crippen LogP contribution in [0.15, 0.2) is 36.4 Å². The lowest BCUT2D eigenvalue weighted by molar-refractivity contribution is 0.104. The summed E-state index contributed by atoms with van der Waals surface area (Å²) < 4.78 is 33.6. The van der Waals surface area contributed by atoms with Gasteiger partial charge >= 0.3 is 0 Å². The Balaban J connectivity index is 2.41. The SMILES string of the molecule is COc1cc(/C=C/C(=O)c2ccccc2O)c(F)c(F)c1C(C)C. The normalized spacial score (nSPS) is 11.2. The van der Waals surface area contributed by atoms with Crippen molar-refractivity contribution >= 4 is 11.9 Å². The fourth-order valence-corrected chi connectivity index (χ4v) is 2.40. The van der Waals surface area contributed by atoms with Gasteiger partial charge in [-0.3, -0.25) is 4.79 Å². The summed E-state index contributed by atoms with van der Waals surface area (Å²) in [5.74, 6) is -2.75. The van der Waals surface area contributed by atoms with Crippen LogP contribution in [0.25, 0.3) is 6.08 Å². The molecule has 1 N–H and O–H groups in total. The number of ketones is 1. The van der Waals surface area contributed by atoms with Crippen molar-refractivity contribution in [2.75, 3.05) is 7.11 Å². The molecule has 0 unspecified atom stereocenters. The van der Waals surface area contributed by atoms with Crippen molar-refractivity contribution in [2.45, 2.75) is 19.8 Å². The van der Waals surface area contributed by atoms with Gasteiger partial charge in [-0.05, 0) is 36.3 Å². The summed E-state index contributed by atoms with van der Waals surface area (Å²) >= 11 is 0. The quantitative estimate of drug-likeness (QED) is 0.638. The third-order valence-corrected chi connectivity index (χ3v) is 3.62. The predicted octanol–water partition coefficient (Wildman–Crippen LogP) is 4.70. The maximum absolute atomic E-state index is 14.3. The van der Waals surface area contributed by atoms with Crippen LogP contribution in [0.4, 0.5) is 8.78 Å². The topological polar surface area (TPSA) is 46.5 Å². The second kappa shape index (κ2) is 7.25. The van der Waals surface area contributed by atoms with Gasteiger partial charge in [0.15, 0.2) is 17.4 Å². The first kappa shape index (κ1) is 17.7. The summed E-state index contributed by atoms with van der Waals surface area (Å²) in [6, 6.07) is 7.35. The zero-order chi connectivity index (χ0) is 17.9. The van der Waals surface area contributed by atoms with Crippen LogP contribution < -0.4 is 4.74 Å². The van der Waals surface area contributed by atoms with Gasteiger partial charge in [-0.25, -0.2) is 8.78 Å². The minimum absolute atomic E-state index is 0.0837. The van der Waals surface area contributed by atoms with E-state index in [2.05, 4.69) is 0 Å².